The summed E-state index contributed by atoms with van der Waals surface area (Å²) in [7, 11) is 0. The Kier molecular flexibility index (Phi) is 14.4. The second-order valence-corrected chi connectivity index (χ2v) is 23.3. The summed E-state index contributed by atoms with van der Waals surface area (Å²) in [5.41, 5.74) is -0.588. The smallest absolute Gasteiger partial charge is 0.344 e. The van der Waals surface area contributed by atoms with Crippen molar-refractivity contribution in [3.8, 4) is 0 Å². The zero-order valence-corrected chi connectivity index (χ0v) is 40.1. The summed E-state index contributed by atoms with van der Waals surface area (Å²) < 4.78 is 23.4. The Morgan fingerprint density at radius 3 is 1.16 bits per heavy atom. The van der Waals surface area contributed by atoms with Gasteiger partial charge in [-0.25, -0.2) is 4.79 Å². The first-order chi connectivity index (χ1) is 29.0. The van der Waals surface area contributed by atoms with Crippen LogP contribution in [0.4, 0.5) is 0 Å². The molecular weight excluding hydrogens is 765 g/mol. The molecule has 0 heterocycles. The fraction of sp³-hybridized carbons (Fsp3) is 0.925. The summed E-state index contributed by atoms with van der Waals surface area (Å²) >= 11 is 0. The van der Waals surface area contributed by atoms with E-state index in [1.807, 2.05) is 27.7 Å². The van der Waals surface area contributed by atoms with Crippen molar-refractivity contribution in [3.05, 3.63) is 0 Å². The van der Waals surface area contributed by atoms with E-state index in [1.165, 1.54) is 96.3 Å². The Balaban J connectivity index is 0.000000138. The first-order valence-electron chi connectivity index (χ1n) is 25.8. The molecule has 12 saturated carbocycles. The minimum atomic E-state index is -0.383. The predicted octanol–water partition coefficient (Wildman–Crippen LogP) is 11.9. The van der Waals surface area contributed by atoms with Crippen molar-refractivity contribution in [2.24, 2.45) is 94.7 Å². The van der Waals surface area contributed by atoms with E-state index >= 15 is 0 Å². The molecule has 12 aliphatic rings. The first-order valence-corrected chi connectivity index (χ1v) is 25.8. The fourth-order valence-corrected chi connectivity index (χ4v) is 15.8. The van der Waals surface area contributed by atoms with Gasteiger partial charge in [-0.2, -0.15) is 0 Å². The number of hydrogen-bond donors (Lipinski definition) is 0. The standard InChI is InChI=1S/C18H28O4.C18H30O2.C17H28O2/c1-4-11(2)17(20)21-10-16(19)22-18(3)14-6-12-5-13(8-14)9-15(18)7-12;1-5-12(4)17(19)20-18(11(2)3)15-7-13-6-14(9-15)10-16(18)8-13;1-4-11(3)16(18)19-17(5-2)14-7-12-6-13(9-14)10-15(17)8-12/h11-15H,4-10H2,1-3H3;11-16H,5-10H2,1-4H3;11-15H,4-10H2,1-3H3. The second kappa shape index (κ2) is 18.8. The first kappa shape index (κ1) is 46.9. The summed E-state index contributed by atoms with van der Waals surface area (Å²) in [6, 6.07) is 0. The molecule has 61 heavy (non-hydrogen) atoms. The SMILES string of the molecule is CCC(C)C(=O)OC1(C(C)C)C2CC3CC(C2)CC1C3.CCC(C)C(=O)OC1(CC)C2CC3CC(C2)CC1C3.CCC(C)C(=O)OCC(=O)OC1(C)C2CC3CC(C2)CC1C3. The number of rotatable bonds is 13. The van der Waals surface area contributed by atoms with E-state index in [4.69, 9.17) is 18.9 Å². The van der Waals surface area contributed by atoms with Crippen LogP contribution in [0.3, 0.4) is 0 Å². The lowest BCUT2D eigenvalue weighted by molar-refractivity contribution is -0.227. The minimum absolute atomic E-state index is 0.0443. The summed E-state index contributed by atoms with van der Waals surface area (Å²) in [5.74, 6) is 8.77. The summed E-state index contributed by atoms with van der Waals surface area (Å²) in [5, 5.41) is 0. The number of ether oxygens (including phenoxy) is 4. The van der Waals surface area contributed by atoms with Crippen molar-refractivity contribution in [3.63, 3.8) is 0 Å². The highest BCUT2D eigenvalue weighted by atomic mass is 16.6. The van der Waals surface area contributed by atoms with Crippen molar-refractivity contribution >= 4 is 23.9 Å². The predicted molar refractivity (Wildman–Crippen MR) is 238 cm³/mol. The Morgan fingerprint density at radius 1 is 0.459 bits per heavy atom. The molecule has 0 N–H and O–H groups in total. The molecule has 12 aliphatic carbocycles. The van der Waals surface area contributed by atoms with Crippen LogP contribution in [-0.2, 0) is 38.1 Å². The van der Waals surface area contributed by atoms with Gasteiger partial charge in [0.1, 0.15) is 16.8 Å². The van der Waals surface area contributed by atoms with Gasteiger partial charge in [0.15, 0.2) is 6.61 Å². The van der Waals surface area contributed by atoms with E-state index < -0.39 is 0 Å². The summed E-state index contributed by atoms with van der Waals surface area (Å²) in [6.07, 6.45) is 23.0. The highest BCUT2D eigenvalue weighted by Gasteiger charge is 2.62. The molecule has 0 aromatic heterocycles. The van der Waals surface area contributed by atoms with Crippen LogP contribution >= 0.6 is 0 Å². The van der Waals surface area contributed by atoms with Gasteiger partial charge in [-0.1, -0.05) is 62.3 Å². The van der Waals surface area contributed by atoms with Crippen LogP contribution in [0.5, 0.6) is 0 Å². The van der Waals surface area contributed by atoms with Crippen molar-refractivity contribution in [2.45, 2.75) is 208 Å². The Hall–Kier alpha value is -2.12. The lowest BCUT2D eigenvalue weighted by Crippen LogP contribution is -2.62. The third kappa shape index (κ3) is 9.11. The molecule has 0 aromatic rings. The van der Waals surface area contributed by atoms with E-state index in [1.54, 1.807) is 0 Å². The highest BCUT2D eigenvalue weighted by molar-refractivity contribution is 5.78. The molecule has 12 bridgehead atoms. The third-order valence-corrected chi connectivity index (χ3v) is 19.4. The summed E-state index contributed by atoms with van der Waals surface area (Å²) in [6.45, 7) is 20.5. The van der Waals surface area contributed by atoms with Crippen molar-refractivity contribution in [1.82, 2.24) is 0 Å². The topological polar surface area (TPSA) is 105 Å². The Labute approximate surface area is 370 Å². The van der Waals surface area contributed by atoms with Crippen LogP contribution in [0.2, 0.25) is 0 Å². The molecule has 0 aromatic carbocycles. The molecule has 3 atom stereocenters. The van der Waals surface area contributed by atoms with E-state index in [9.17, 15) is 19.2 Å². The monoisotopic (exact) mass is 851 g/mol. The van der Waals surface area contributed by atoms with E-state index in [0.29, 0.717) is 41.4 Å². The van der Waals surface area contributed by atoms with Crippen molar-refractivity contribution in [1.29, 1.82) is 0 Å². The maximum absolute atomic E-state index is 12.5. The molecule has 0 aliphatic heterocycles. The van der Waals surface area contributed by atoms with Gasteiger partial charge in [-0.05, 0) is 206 Å². The quantitative estimate of drug-likeness (QED) is 0.133. The van der Waals surface area contributed by atoms with E-state index in [-0.39, 0.29) is 65.0 Å². The molecule has 0 spiro atoms. The van der Waals surface area contributed by atoms with Gasteiger partial charge in [-0.15, -0.1) is 0 Å². The normalized spacial score (nSPS) is 43.0. The van der Waals surface area contributed by atoms with Gasteiger partial charge >= 0.3 is 23.9 Å². The zero-order valence-electron chi connectivity index (χ0n) is 40.1. The van der Waals surface area contributed by atoms with Crippen LogP contribution in [0.25, 0.3) is 0 Å². The molecule has 8 heteroatoms. The number of esters is 4. The van der Waals surface area contributed by atoms with Gasteiger partial charge < -0.3 is 18.9 Å². The average Bonchev–Trinajstić information content (AvgIpc) is 3.23. The van der Waals surface area contributed by atoms with Gasteiger partial charge in [0.05, 0.1) is 17.8 Å². The molecule has 346 valence electrons. The molecule has 0 saturated heterocycles. The van der Waals surface area contributed by atoms with Gasteiger partial charge in [0.25, 0.3) is 0 Å². The Morgan fingerprint density at radius 2 is 0.803 bits per heavy atom. The molecule has 8 nitrogen and oxygen atoms in total. The maximum atomic E-state index is 12.5. The molecule has 0 amide bonds. The third-order valence-electron chi connectivity index (χ3n) is 19.4. The maximum Gasteiger partial charge on any atom is 0.344 e. The lowest BCUT2D eigenvalue weighted by Gasteiger charge is -2.62. The molecule has 12 rings (SSSR count). The Bertz CT molecular complexity index is 1480. The molecule has 3 unspecified atom stereocenters. The van der Waals surface area contributed by atoms with Crippen LogP contribution in [0.15, 0.2) is 0 Å². The molecule has 0 radical (unpaired) electrons. The number of carbonyl (C=O) groups excluding carboxylic acids is 4. The van der Waals surface area contributed by atoms with Crippen LogP contribution in [-0.4, -0.2) is 47.3 Å². The highest BCUT2D eigenvalue weighted by Crippen LogP contribution is 2.63. The van der Waals surface area contributed by atoms with Gasteiger partial charge in [0, 0.05) is 0 Å². The van der Waals surface area contributed by atoms with Gasteiger partial charge in [0.2, 0.25) is 0 Å². The van der Waals surface area contributed by atoms with Crippen LogP contribution in [0, 0.1) is 94.7 Å². The molecule has 12 fully saturated rings. The number of hydrogen-bond acceptors (Lipinski definition) is 8. The van der Waals surface area contributed by atoms with Gasteiger partial charge in [-0.3, -0.25) is 14.4 Å². The van der Waals surface area contributed by atoms with E-state index in [2.05, 4.69) is 41.5 Å². The second-order valence-electron chi connectivity index (χ2n) is 23.3. The number of carbonyl (C=O) groups is 4. The average molecular weight is 851 g/mol. The van der Waals surface area contributed by atoms with Crippen LogP contribution in [0.1, 0.15) is 191 Å². The zero-order chi connectivity index (χ0) is 44.0. The fourth-order valence-electron chi connectivity index (χ4n) is 15.8. The summed E-state index contributed by atoms with van der Waals surface area (Å²) in [4.78, 5) is 48.6. The largest absolute Gasteiger partial charge is 0.458 e. The van der Waals surface area contributed by atoms with E-state index in [0.717, 1.165) is 61.2 Å². The lowest BCUT2D eigenvalue weighted by atomic mass is 9.47. The van der Waals surface area contributed by atoms with Crippen molar-refractivity contribution in [2.75, 3.05) is 6.61 Å². The van der Waals surface area contributed by atoms with Crippen LogP contribution < -0.4 is 0 Å². The minimum Gasteiger partial charge on any atom is -0.458 e. The molecular formula is C53H86O8. The van der Waals surface area contributed by atoms with Crippen molar-refractivity contribution < 1.29 is 38.1 Å².